The van der Waals surface area contributed by atoms with Gasteiger partial charge in [-0.25, -0.2) is 8.42 Å². The standard InChI is InChI=1S/C16H17ClN2O2S/c17-14-2-1-3-16(11-14)22(20,21)19-15-5-4-12-6-8-18-9-7-13(12)10-15/h1-5,10-11,18-19H,6-9H2. The molecule has 116 valence electrons. The fourth-order valence-corrected chi connectivity index (χ4v) is 3.94. The number of sulfonamides is 1. The first kappa shape index (κ1) is 15.3. The summed E-state index contributed by atoms with van der Waals surface area (Å²) in [5.41, 5.74) is 3.05. The topological polar surface area (TPSA) is 58.2 Å². The van der Waals surface area contributed by atoms with Gasteiger partial charge >= 0.3 is 0 Å². The zero-order valence-corrected chi connectivity index (χ0v) is 13.5. The van der Waals surface area contributed by atoms with Crippen molar-refractivity contribution in [3.8, 4) is 0 Å². The van der Waals surface area contributed by atoms with Crippen molar-refractivity contribution in [1.29, 1.82) is 0 Å². The van der Waals surface area contributed by atoms with Crippen molar-refractivity contribution in [3.63, 3.8) is 0 Å². The predicted molar refractivity (Wildman–Crippen MR) is 89.0 cm³/mol. The van der Waals surface area contributed by atoms with Crippen molar-refractivity contribution >= 4 is 27.3 Å². The van der Waals surface area contributed by atoms with Gasteiger partial charge in [-0.3, -0.25) is 4.72 Å². The molecule has 0 aromatic heterocycles. The quantitative estimate of drug-likeness (QED) is 0.906. The van der Waals surface area contributed by atoms with Crippen LogP contribution in [0.25, 0.3) is 0 Å². The fraction of sp³-hybridized carbons (Fsp3) is 0.250. The summed E-state index contributed by atoms with van der Waals surface area (Å²) in [4.78, 5) is 0.164. The molecule has 4 nitrogen and oxygen atoms in total. The molecule has 2 aromatic rings. The van der Waals surface area contributed by atoms with Crippen LogP contribution in [-0.4, -0.2) is 21.5 Å². The number of halogens is 1. The van der Waals surface area contributed by atoms with Gasteiger partial charge in [0.15, 0.2) is 0 Å². The molecular formula is C16H17ClN2O2S. The van der Waals surface area contributed by atoms with Crippen molar-refractivity contribution in [3.05, 3.63) is 58.6 Å². The lowest BCUT2D eigenvalue weighted by molar-refractivity contribution is 0.601. The van der Waals surface area contributed by atoms with Crippen molar-refractivity contribution in [2.24, 2.45) is 0 Å². The van der Waals surface area contributed by atoms with E-state index < -0.39 is 10.0 Å². The highest BCUT2D eigenvalue weighted by Gasteiger charge is 2.16. The number of hydrogen-bond acceptors (Lipinski definition) is 3. The van der Waals surface area contributed by atoms with Gasteiger partial charge in [-0.05, 0) is 67.4 Å². The molecule has 0 atom stereocenters. The summed E-state index contributed by atoms with van der Waals surface area (Å²) in [7, 11) is -3.62. The maximum absolute atomic E-state index is 12.4. The van der Waals surface area contributed by atoms with Gasteiger partial charge in [0.2, 0.25) is 0 Å². The molecule has 0 spiro atoms. The summed E-state index contributed by atoms with van der Waals surface area (Å²) in [5.74, 6) is 0. The summed E-state index contributed by atoms with van der Waals surface area (Å²) < 4.78 is 27.4. The Morgan fingerprint density at radius 2 is 1.77 bits per heavy atom. The molecule has 2 N–H and O–H groups in total. The number of nitrogens with one attached hydrogen (secondary N) is 2. The molecule has 0 saturated carbocycles. The van der Waals surface area contributed by atoms with E-state index in [1.165, 1.54) is 23.3 Å². The Labute approximate surface area is 135 Å². The van der Waals surface area contributed by atoms with Crippen LogP contribution in [0.3, 0.4) is 0 Å². The van der Waals surface area contributed by atoms with E-state index in [1.807, 2.05) is 18.2 Å². The number of rotatable bonds is 3. The van der Waals surface area contributed by atoms with Crippen molar-refractivity contribution < 1.29 is 8.42 Å². The molecule has 6 heteroatoms. The van der Waals surface area contributed by atoms with Crippen LogP contribution in [0.15, 0.2) is 47.4 Å². The molecule has 0 radical (unpaired) electrons. The molecule has 3 rings (SSSR count). The van der Waals surface area contributed by atoms with Crippen LogP contribution >= 0.6 is 11.6 Å². The van der Waals surface area contributed by atoms with Crippen LogP contribution in [0.5, 0.6) is 0 Å². The van der Waals surface area contributed by atoms with Crippen LogP contribution in [0.1, 0.15) is 11.1 Å². The zero-order valence-electron chi connectivity index (χ0n) is 12.0. The number of fused-ring (bicyclic) bond motifs is 1. The van der Waals surface area contributed by atoms with Crippen molar-refractivity contribution in [2.75, 3.05) is 17.8 Å². The first-order valence-electron chi connectivity index (χ1n) is 7.15. The Hall–Kier alpha value is -1.56. The van der Waals surface area contributed by atoms with E-state index in [2.05, 4.69) is 10.0 Å². The minimum Gasteiger partial charge on any atom is -0.316 e. The van der Waals surface area contributed by atoms with E-state index >= 15 is 0 Å². The fourth-order valence-electron chi connectivity index (χ4n) is 2.59. The third-order valence-electron chi connectivity index (χ3n) is 3.71. The monoisotopic (exact) mass is 336 g/mol. The van der Waals surface area contributed by atoms with Crippen LogP contribution in [0, 0.1) is 0 Å². The van der Waals surface area contributed by atoms with E-state index in [1.54, 1.807) is 12.1 Å². The van der Waals surface area contributed by atoms with Crippen LogP contribution in [0.2, 0.25) is 5.02 Å². The Balaban J connectivity index is 1.88. The SMILES string of the molecule is O=S(=O)(Nc1ccc2c(c1)CCNCC2)c1cccc(Cl)c1. The summed E-state index contributed by atoms with van der Waals surface area (Å²) in [6.07, 6.45) is 1.87. The molecule has 1 aliphatic heterocycles. The van der Waals surface area contributed by atoms with E-state index in [4.69, 9.17) is 11.6 Å². The highest BCUT2D eigenvalue weighted by Crippen LogP contribution is 2.22. The number of benzene rings is 2. The lowest BCUT2D eigenvalue weighted by atomic mass is 10.0. The van der Waals surface area contributed by atoms with Gasteiger partial charge in [0.1, 0.15) is 0 Å². The molecular weight excluding hydrogens is 320 g/mol. The van der Waals surface area contributed by atoms with Gasteiger partial charge in [0.25, 0.3) is 10.0 Å². The molecule has 0 fully saturated rings. The third kappa shape index (κ3) is 3.43. The van der Waals surface area contributed by atoms with Gasteiger partial charge in [0, 0.05) is 10.7 Å². The Kier molecular flexibility index (Phi) is 4.38. The summed E-state index contributed by atoms with van der Waals surface area (Å²) in [5, 5.41) is 3.74. The van der Waals surface area contributed by atoms with Crippen molar-refractivity contribution in [1.82, 2.24) is 5.32 Å². The summed E-state index contributed by atoms with van der Waals surface area (Å²) in [6.45, 7) is 1.87. The zero-order chi connectivity index (χ0) is 15.6. The first-order chi connectivity index (χ1) is 10.5. The second-order valence-electron chi connectivity index (χ2n) is 5.30. The van der Waals surface area contributed by atoms with Crippen LogP contribution in [-0.2, 0) is 22.9 Å². The second kappa shape index (κ2) is 6.28. The Morgan fingerprint density at radius 3 is 2.55 bits per heavy atom. The molecule has 1 aliphatic rings. The van der Waals surface area contributed by atoms with Gasteiger partial charge in [-0.2, -0.15) is 0 Å². The maximum Gasteiger partial charge on any atom is 0.261 e. The van der Waals surface area contributed by atoms with Crippen LogP contribution in [0.4, 0.5) is 5.69 Å². The summed E-state index contributed by atoms with van der Waals surface area (Å²) in [6, 6.07) is 12.0. The lowest BCUT2D eigenvalue weighted by Gasteiger charge is -2.11. The number of hydrogen-bond donors (Lipinski definition) is 2. The molecule has 22 heavy (non-hydrogen) atoms. The highest BCUT2D eigenvalue weighted by atomic mass is 35.5. The Morgan fingerprint density at radius 1 is 1.00 bits per heavy atom. The van der Waals surface area contributed by atoms with E-state index in [0.717, 1.165) is 25.9 Å². The minimum atomic E-state index is -3.62. The van der Waals surface area contributed by atoms with Crippen molar-refractivity contribution in [2.45, 2.75) is 17.7 Å². The van der Waals surface area contributed by atoms with Gasteiger partial charge in [-0.1, -0.05) is 23.7 Å². The molecule has 0 saturated heterocycles. The Bertz CT molecular complexity index is 790. The van der Waals surface area contributed by atoms with E-state index in [9.17, 15) is 8.42 Å². The molecule has 2 aromatic carbocycles. The first-order valence-corrected chi connectivity index (χ1v) is 9.02. The molecule has 0 amide bonds. The van der Waals surface area contributed by atoms with E-state index in [0.29, 0.717) is 10.7 Å². The predicted octanol–water partition coefficient (Wildman–Crippen LogP) is 2.83. The summed E-state index contributed by atoms with van der Waals surface area (Å²) >= 11 is 5.87. The molecule has 0 unspecified atom stereocenters. The average molecular weight is 337 g/mol. The maximum atomic E-state index is 12.4. The average Bonchev–Trinajstić information content (AvgIpc) is 2.71. The third-order valence-corrected chi connectivity index (χ3v) is 5.32. The van der Waals surface area contributed by atoms with E-state index in [-0.39, 0.29) is 4.90 Å². The van der Waals surface area contributed by atoms with Gasteiger partial charge < -0.3 is 5.32 Å². The van der Waals surface area contributed by atoms with Gasteiger partial charge in [-0.15, -0.1) is 0 Å². The molecule has 0 aliphatic carbocycles. The largest absolute Gasteiger partial charge is 0.316 e. The molecule has 0 bridgehead atoms. The lowest BCUT2D eigenvalue weighted by Crippen LogP contribution is -2.16. The molecule has 1 heterocycles. The second-order valence-corrected chi connectivity index (χ2v) is 7.42. The minimum absolute atomic E-state index is 0.164. The van der Waals surface area contributed by atoms with Crippen LogP contribution < -0.4 is 10.0 Å². The number of anilines is 1. The highest BCUT2D eigenvalue weighted by molar-refractivity contribution is 7.92. The smallest absolute Gasteiger partial charge is 0.261 e. The normalized spacial score (nSPS) is 15.0. The van der Waals surface area contributed by atoms with Gasteiger partial charge in [0.05, 0.1) is 4.90 Å².